The molecule has 168 valence electrons. The van der Waals surface area contributed by atoms with E-state index < -0.39 is 0 Å². The Morgan fingerprint density at radius 2 is 1.38 bits per heavy atom. The van der Waals surface area contributed by atoms with Gasteiger partial charge in [0.15, 0.2) is 0 Å². The maximum absolute atomic E-state index is 2.81. The molecule has 5 rings (SSSR count). The van der Waals surface area contributed by atoms with E-state index in [1.807, 2.05) is 0 Å². The first-order valence-corrected chi connectivity index (χ1v) is 16.2. The Kier molecular flexibility index (Phi) is 6.37. The fourth-order valence-corrected chi connectivity index (χ4v) is 12.8. The maximum Gasteiger partial charge on any atom is -0.00829 e. The van der Waals surface area contributed by atoms with Gasteiger partial charge < -0.3 is 0 Å². The van der Waals surface area contributed by atoms with Gasteiger partial charge in [-0.05, 0) is 128 Å². The minimum Gasteiger partial charge on any atom is -0.241 e. The monoisotopic (exact) mass is 418 g/mol. The SMILES string of the molecule is CCCC1CC(C[C@H](C2CC(C3CC(C4CCC4)C3)C2)S2(C)CCC(C)CC2)C1. The van der Waals surface area contributed by atoms with Gasteiger partial charge >= 0.3 is 0 Å². The average molecular weight is 419 g/mol. The van der Waals surface area contributed by atoms with Gasteiger partial charge in [0.2, 0.25) is 0 Å². The third kappa shape index (κ3) is 4.34. The van der Waals surface area contributed by atoms with Gasteiger partial charge in [0.25, 0.3) is 0 Å². The van der Waals surface area contributed by atoms with Crippen LogP contribution in [0.5, 0.6) is 0 Å². The molecule has 1 aliphatic heterocycles. The zero-order valence-electron chi connectivity index (χ0n) is 19.9. The summed E-state index contributed by atoms with van der Waals surface area (Å²) < 4.78 is 0. The van der Waals surface area contributed by atoms with E-state index in [-0.39, 0.29) is 10.0 Å². The zero-order valence-corrected chi connectivity index (χ0v) is 20.7. The van der Waals surface area contributed by atoms with Crippen LogP contribution in [0.4, 0.5) is 0 Å². The molecule has 0 aromatic heterocycles. The van der Waals surface area contributed by atoms with E-state index >= 15 is 0 Å². The lowest BCUT2D eigenvalue weighted by Gasteiger charge is -2.58. The Hall–Kier alpha value is 0.350. The van der Waals surface area contributed by atoms with Crippen molar-refractivity contribution < 1.29 is 0 Å². The summed E-state index contributed by atoms with van der Waals surface area (Å²) >= 11 is 0. The van der Waals surface area contributed by atoms with Crippen molar-refractivity contribution in [1.29, 1.82) is 0 Å². The first kappa shape index (κ1) is 21.2. The summed E-state index contributed by atoms with van der Waals surface area (Å²) in [5.74, 6) is 12.3. The molecule has 1 saturated heterocycles. The van der Waals surface area contributed by atoms with Gasteiger partial charge in [-0.15, -0.1) is 0 Å². The molecule has 0 unspecified atom stereocenters. The Labute approximate surface area is 184 Å². The van der Waals surface area contributed by atoms with E-state index in [0.717, 1.165) is 52.6 Å². The van der Waals surface area contributed by atoms with Crippen LogP contribution in [0.2, 0.25) is 0 Å². The Morgan fingerprint density at radius 1 is 0.759 bits per heavy atom. The summed E-state index contributed by atoms with van der Waals surface area (Å²) in [6, 6.07) is 0. The molecule has 0 N–H and O–H groups in total. The van der Waals surface area contributed by atoms with Crippen molar-refractivity contribution in [1.82, 2.24) is 0 Å². The second-order valence-corrected chi connectivity index (χ2v) is 17.0. The van der Waals surface area contributed by atoms with Gasteiger partial charge in [-0.3, -0.25) is 0 Å². The highest BCUT2D eigenvalue weighted by Crippen LogP contribution is 2.64. The highest BCUT2D eigenvalue weighted by molar-refractivity contribution is 8.33. The van der Waals surface area contributed by atoms with Crippen LogP contribution in [0.25, 0.3) is 0 Å². The van der Waals surface area contributed by atoms with Gasteiger partial charge in [-0.25, -0.2) is 10.0 Å². The van der Waals surface area contributed by atoms with Gasteiger partial charge in [-0.2, -0.15) is 0 Å². The molecule has 0 amide bonds. The van der Waals surface area contributed by atoms with E-state index in [9.17, 15) is 0 Å². The van der Waals surface area contributed by atoms with Gasteiger partial charge in [0, 0.05) is 0 Å². The van der Waals surface area contributed by atoms with Crippen LogP contribution in [0.1, 0.15) is 104 Å². The predicted octanol–water partition coefficient (Wildman–Crippen LogP) is 8.29. The fraction of sp³-hybridized carbons (Fsp3) is 1.00. The second kappa shape index (κ2) is 8.71. The molecule has 0 nitrogen and oxygen atoms in total. The quantitative estimate of drug-likeness (QED) is 0.372. The van der Waals surface area contributed by atoms with Crippen molar-refractivity contribution in [3.63, 3.8) is 0 Å². The molecule has 0 spiro atoms. The fourth-order valence-electron chi connectivity index (χ4n) is 8.20. The summed E-state index contributed by atoms with van der Waals surface area (Å²) in [4.78, 5) is 0. The lowest BCUT2D eigenvalue weighted by atomic mass is 9.54. The molecule has 0 radical (unpaired) electrons. The van der Waals surface area contributed by atoms with Crippen molar-refractivity contribution in [2.75, 3.05) is 17.8 Å². The summed E-state index contributed by atoms with van der Waals surface area (Å²) in [6.07, 6.45) is 24.9. The predicted molar refractivity (Wildman–Crippen MR) is 131 cm³/mol. The van der Waals surface area contributed by atoms with Crippen molar-refractivity contribution in [2.24, 2.45) is 47.3 Å². The second-order valence-electron chi connectivity index (χ2n) is 12.9. The lowest BCUT2D eigenvalue weighted by Crippen LogP contribution is -2.47. The molecule has 29 heavy (non-hydrogen) atoms. The number of rotatable bonds is 8. The Balaban J connectivity index is 1.15. The summed E-state index contributed by atoms with van der Waals surface area (Å²) in [7, 11) is -0.332. The van der Waals surface area contributed by atoms with Crippen LogP contribution >= 0.6 is 10.0 Å². The molecule has 5 fully saturated rings. The standard InChI is InChI=1S/C28H50S/c1-4-6-21-13-22(14-21)15-28(29(3)11-9-20(2)10-12-29)27-18-26(19-27)25-16-24(17-25)23-7-5-8-23/h20-28H,4-19H2,1-3H3/t21?,22?,24?,25?,26?,27?,28-/m1/s1. The normalized spacial score (nSPS) is 50.9. The van der Waals surface area contributed by atoms with Gasteiger partial charge in [0.05, 0.1) is 0 Å². The third-order valence-electron chi connectivity index (χ3n) is 10.9. The van der Waals surface area contributed by atoms with E-state index in [4.69, 9.17) is 0 Å². The van der Waals surface area contributed by atoms with E-state index in [0.29, 0.717) is 0 Å². The van der Waals surface area contributed by atoms with Crippen molar-refractivity contribution in [3.8, 4) is 0 Å². The first-order valence-electron chi connectivity index (χ1n) is 13.8. The largest absolute Gasteiger partial charge is 0.241 e. The lowest BCUT2D eigenvalue weighted by molar-refractivity contribution is -0.00897. The average Bonchev–Trinajstić information content (AvgIpc) is 2.55. The molecule has 5 aliphatic rings. The molecule has 1 heteroatoms. The summed E-state index contributed by atoms with van der Waals surface area (Å²) in [5.41, 5.74) is 0. The molecule has 0 bridgehead atoms. The third-order valence-corrected chi connectivity index (χ3v) is 15.3. The minimum absolute atomic E-state index is 0.332. The summed E-state index contributed by atoms with van der Waals surface area (Å²) in [5, 5.41) is 1.15. The molecule has 0 aromatic rings. The van der Waals surface area contributed by atoms with Crippen LogP contribution < -0.4 is 0 Å². The molecular weight excluding hydrogens is 368 g/mol. The molecule has 1 heterocycles. The van der Waals surface area contributed by atoms with Crippen molar-refractivity contribution in [3.05, 3.63) is 0 Å². The van der Waals surface area contributed by atoms with Crippen molar-refractivity contribution in [2.45, 2.75) is 109 Å². The topological polar surface area (TPSA) is 0 Å². The van der Waals surface area contributed by atoms with Crippen LogP contribution in [0.3, 0.4) is 0 Å². The van der Waals surface area contributed by atoms with E-state index in [2.05, 4.69) is 20.1 Å². The minimum atomic E-state index is -0.332. The number of hydrogen-bond acceptors (Lipinski definition) is 0. The van der Waals surface area contributed by atoms with E-state index in [1.165, 1.54) is 12.8 Å². The first-order chi connectivity index (χ1) is 14.0. The van der Waals surface area contributed by atoms with Crippen LogP contribution in [0.15, 0.2) is 0 Å². The molecule has 0 aromatic carbocycles. The van der Waals surface area contributed by atoms with Crippen molar-refractivity contribution >= 4 is 10.0 Å². The molecule has 4 saturated carbocycles. The van der Waals surface area contributed by atoms with Gasteiger partial charge in [-0.1, -0.05) is 46.0 Å². The molecule has 1 atom stereocenters. The van der Waals surface area contributed by atoms with Crippen LogP contribution in [-0.2, 0) is 0 Å². The highest BCUT2D eigenvalue weighted by Gasteiger charge is 2.49. The summed E-state index contributed by atoms with van der Waals surface area (Å²) in [6.45, 7) is 4.90. The van der Waals surface area contributed by atoms with Gasteiger partial charge in [0.1, 0.15) is 0 Å². The molecular formula is C28H50S. The van der Waals surface area contributed by atoms with Crippen LogP contribution in [-0.4, -0.2) is 23.0 Å². The smallest absolute Gasteiger partial charge is 0.00829 e. The number of hydrogen-bond donors (Lipinski definition) is 0. The highest BCUT2D eigenvalue weighted by atomic mass is 32.3. The van der Waals surface area contributed by atoms with E-state index in [1.54, 1.807) is 88.6 Å². The zero-order chi connectivity index (χ0) is 20.0. The van der Waals surface area contributed by atoms with Crippen LogP contribution in [0, 0.1) is 47.3 Å². The Morgan fingerprint density at radius 3 is 1.97 bits per heavy atom. The maximum atomic E-state index is 2.81. The molecule has 4 aliphatic carbocycles. The Bertz CT molecular complexity index is 525.